The summed E-state index contributed by atoms with van der Waals surface area (Å²) in [5.41, 5.74) is -1.05. The molecule has 0 saturated carbocycles. The highest BCUT2D eigenvalue weighted by Gasteiger charge is 2.68. The van der Waals surface area contributed by atoms with Gasteiger partial charge in [-0.1, -0.05) is 12.2 Å². The molecule has 2 amide bonds. The summed E-state index contributed by atoms with van der Waals surface area (Å²) >= 11 is 0. The van der Waals surface area contributed by atoms with Crippen molar-refractivity contribution in [2.24, 2.45) is 11.8 Å². The van der Waals surface area contributed by atoms with E-state index in [4.69, 9.17) is 4.74 Å². The summed E-state index contributed by atoms with van der Waals surface area (Å²) in [6, 6.07) is 0. The fourth-order valence-corrected chi connectivity index (χ4v) is 5.69. The van der Waals surface area contributed by atoms with Crippen LogP contribution in [0.2, 0.25) is 0 Å². The molecule has 3 saturated heterocycles. The molecule has 4 heterocycles. The van der Waals surface area contributed by atoms with Gasteiger partial charge < -0.3 is 14.5 Å². The quantitative estimate of drug-likeness (QED) is 0.600. The largest absolute Gasteiger partial charge is 0.360 e. The Bertz CT molecular complexity index is 754. The van der Waals surface area contributed by atoms with Crippen LogP contribution in [-0.2, 0) is 24.2 Å². The van der Waals surface area contributed by atoms with Gasteiger partial charge in [-0.15, -0.1) is 0 Å². The predicted octanol–water partition coefficient (Wildman–Crippen LogP) is -0.176. The lowest BCUT2D eigenvalue weighted by Crippen LogP contribution is -2.51. The highest BCUT2D eigenvalue weighted by molar-refractivity contribution is 7.91. The Morgan fingerprint density at radius 2 is 1.92 bits per heavy atom. The first-order chi connectivity index (χ1) is 11.5. The number of nitrogens with zero attached hydrogens (tertiary/aromatic N) is 2. The van der Waals surface area contributed by atoms with Gasteiger partial charge in [0.2, 0.25) is 11.8 Å². The zero-order chi connectivity index (χ0) is 18.2. The third kappa shape index (κ3) is 2.44. The highest BCUT2D eigenvalue weighted by atomic mass is 32.2. The number of ether oxygens (including phenoxy) is 1. The smallest absolute Gasteiger partial charge is 0.230 e. The molecule has 0 aromatic rings. The fourth-order valence-electron chi connectivity index (χ4n) is 4.49. The third-order valence-corrected chi connectivity index (χ3v) is 7.46. The normalized spacial score (nSPS) is 39.2. The predicted molar refractivity (Wildman–Crippen MR) is 90.4 cm³/mol. The standard InChI is InChI=1S/C17H24N2O5S/c1-16(2,3)19-10-17-5-4-11(24-17)12(13(17)15(19)21)14(20)18-6-8-25(22,23)9-7-18/h4-5,11-13H,6-10H2,1-3H3/t11-,12+,13+,17-/m0/s1. The number of hydrogen-bond acceptors (Lipinski definition) is 5. The minimum atomic E-state index is -3.06. The van der Waals surface area contributed by atoms with Crippen LogP contribution in [0.5, 0.6) is 0 Å². The second-order valence-electron chi connectivity index (χ2n) is 8.47. The topological polar surface area (TPSA) is 84.0 Å². The molecule has 8 heteroatoms. The van der Waals surface area contributed by atoms with Crippen LogP contribution in [-0.4, -0.2) is 78.4 Å². The molecule has 3 fully saturated rings. The van der Waals surface area contributed by atoms with Crippen LogP contribution in [0.1, 0.15) is 20.8 Å². The first-order valence-corrected chi connectivity index (χ1v) is 10.5. The van der Waals surface area contributed by atoms with Gasteiger partial charge in [-0.25, -0.2) is 8.42 Å². The van der Waals surface area contributed by atoms with Crippen LogP contribution in [0.4, 0.5) is 0 Å². The van der Waals surface area contributed by atoms with Crippen LogP contribution in [0.3, 0.4) is 0 Å². The van der Waals surface area contributed by atoms with Gasteiger partial charge in [-0.05, 0) is 20.8 Å². The van der Waals surface area contributed by atoms with E-state index in [0.29, 0.717) is 6.54 Å². The number of sulfone groups is 1. The van der Waals surface area contributed by atoms with Crippen LogP contribution in [0.25, 0.3) is 0 Å². The Morgan fingerprint density at radius 3 is 2.52 bits per heavy atom. The SMILES string of the molecule is CC(C)(C)N1C[C@]23C=C[C@H](O2)[C@@H](C(=O)N2CCS(=O)(=O)CC2)[C@@H]3C1=O. The Kier molecular flexibility index (Phi) is 3.45. The summed E-state index contributed by atoms with van der Waals surface area (Å²) in [6.07, 6.45) is 3.44. The molecule has 4 aliphatic heterocycles. The number of fused-ring (bicyclic) bond motifs is 1. The lowest BCUT2D eigenvalue weighted by Gasteiger charge is -2.34. The van der Waals surface area contributed by atoms with Crippen LogP contribution in [0.15, 0.2) is 12.2 Å². The van der Waals surface area contributed by atoms with Crippen molar-refractivity contribution >= 4 is 21.7 Å². The first kappa shape index (κ1) is 17.0. The molecule has 138 valence electrons. The molecule has 1 spiro atoms. The van der Waals surface area contributed by atoms with E-state index in [1.54, 1.807) is 9.80 Å². The molecule has 0 aromatic heterocycles. The molecule has 0 aliphatic carbocycles. The molecule has 0 radical (unpaired) electrons. The average molecular weight is 368 g/mol. The fraction of sp³-hybridized carbons (Fsp3) is 0.765. The van der Waals surface area contributed by atoms with Gasteiger partial charge >= 0.3 is 0 Å². The molecule has 0 aromatic carbocycles. The van der Waals surface area contributed by atoms with Crippen molar-refractivity contribution in [3.05, 3.63) is 12.2 Å². The molecule has 7 nitrogen and oxygen atoms in total. The molecular formula is C17H24N2O5S. The minimum absolute atomic E-state index is 0.00923. The number of carbonyl (C=O) groups is 2. The zero-order valence-electron chi connectivity index (χ0n) is 14.8. The van der Waals surface area contributed by atoms with Crippen molar-refractivity contribution in [1.29, 1.82) is 0 Å². The van der Waals surface area contributed by atoms with E-state index >= 15 is 0 Å². The van der Waals surface area contributed by atoms with Crippen molar-refractivity contribution in [2.45, 2.75) is 38.0 Å². The first-order valence-electron chi connectivity index (χ1n) is 8.72. The summed E-state index contributed by atoms with van der Waals surface area (Å²) < 4.78 is 29.3. The number of carbonyl (C=O) groups excluding carboxylic acids is 2. The van der Waals surface area contributed by atoms with Crippen molar-refractivity contribution in [2.75, 3.05) is 31.1 Å². The molecule has 4 atom stereocenters. The van der Waals surface area contributed by atoms with Crippen LogP contribution < -0.4 is 0 Å². The molecule has 0 unspecified atom stereocenters. The maximum atomic E-state index is 13.1. The van der Waals surface area contributed by atoms with E-state index in [9.17, 15) is 18.0 Å². The van der Waals surface area contributed by atoms with Gasteiger partial charge in [0.05, 0.1) is 36.0 Å². The summed E-state index contributed by atoms with van der Waals surface area (Å²) in [7, 11) is -3.06. The molecule has 2 bridgehead atoms. The van der Waals surface area contributed by atoms with Gasteiger partial charge in [-0.2, -0.15) is 0 Å². The van der Waals surface area contributed by atoms with Gasteiger partial charge in [-0.3, -0.25) is 9.59 Å². The minimum Gasteiger partial charge on any atom is -0.360 e. The van der Waals surface area contributed by atoms with Gasteiger partial charge in [0, 0.05) is 18.6 Å². The molecule has 0 N–H and O–H groups in total. The Hall–Kier alpha value is -1.41. The zero-order valence-corrected chi connectivity index (χ0v) is 15.6. The summed E-state index contributed by atoms with van der Waals surface area (Å²) in [5, 5.41) is 0. The number of hydrogen-bond donors (Lipinski definition) is 0. The van der Waals surface area contributed by atoms with Crippen molar-refractivity contribution in [1.82, 2.24) is 9.80 Å². The number of likely N-dealkylation sites (tertiary alicyclic amines) is 1. The third-order valence-electron chi connectivity index (χ3n) is 5.85. The second-order valence-corrected chi connectivity index (χ2v) is 10.8. The Balaban J connectivity index is 1.61. The average Bonchev–Trinajstić information content (AvgIpc) is 3.14. The van der Waals surface area contributed by atoms with Gasteiger partial charge in [0.15, 0.2) is 9.84 Å². The van der Waals surface area contributed by atoms with E-state index in [-0.39, 0.29) is 48.1 Å². The van der Waals surface area contributed by atoms with E-state index in [0.717, 1.165) is 0 Å². The highest BCUT2D eigenvalue weighted by Crippen LogP contribution is 2.53. The lowest BCUT2D eigenvalue weighted by atomic mass is 9.76. The summed E-state index contributed by atoms with van der Waals surface area (Å²) in [6.45, 7) is 6.79. The molecule has 4 rings (SSSR count). The van der Waals surface area contributed by atoms with E-state index in [1.807, 2.05) is 32.9 Å². The van der Waals surface area contributed by atoms with E-state index < -0.39 is 27.3 Å². The maximum Gasteiger partial charge on any atom is 0.230 e. The van der Waals surface area contributed by atoms with Gasteiger partial charge in [0.25, 0.3) is 0 Å². The van der Waals surface area contributed by atoms with Crippen molar-refractivity contribution in [3.8, 4) is 0 Å². The van der Waals surface area contributed by atoms with Gasteiger partial charge in [0.1, 0.15) is 5.60 Å². The summed E-state index contributed by atoms with van der Waals surface area (Å²) in [5.74, 6) is -1.27. The van der Waals surface area contributed by atoms with Crippen LogP contribution in [0, 0.1) is 11.8 Å². The Morgan fingerprint density at radius 1 is 1.28 bits per heavy atom. The molecule has 4 aliphatic rings. The molecule has 25 heavy (non-hydrogen) atoms. The van der Waals surface area contributed by atoms with Crippen LogP contribution >= 0.6 is 0 Å². The van der Waals surface area contributed by atoms with Crippen molar-refractivity contribution in [3.63, 3.8) is 0 Å². The van der Waals surface area contributed by atoms with E-state index in [2.05, 4.69) is 0 Å². The maximum absolute atomic E-state index is 13.1. The number of rotatable bonds is 1. The van der Waals surface area contributed by atoms with Crippen molar-refractivity contribution < 1.29 is 22.7 Å². The second kappa shape index (κ2) is 5.07. The lowest BCUT2D eigenvalue weighted by molar-refractivity contribution is -0.144. The molecular weight excluding hydrogens is 344 g/mol. The van der Waals surface area contributed by atoms with E-state index in [1.165, 1.54) is 0 Å². The Labute approximate surface area is 147 Å². The number of amides is 2. The monoisotopic (exact) mass is 368 g/mol. The summed E-state index contributed by atoms with van der Waals surface area (Å²) in [4.78, 5) is 29.5.